The van der Waals surface area contributed by atoms with Crippen LogP contribution in [-0.2, 0) is 11.8 Å². The molecule has 6 heteroatoms. The fourth-order valence-corrected chi connectivity index (χ4v) is 4.36. The second-order valence-electron chi connectivity index (χ2n) is 6.91. The molecule has 0 radical (unpaired) electrons. The maximum atomic E-state index is 13.1. The number of rotatable bonds is 2. The van der Waals surface area contributed by atoms with Crippen LogP contribution in [0.4, 0.5) is 4.79 Å². The number of imide groups is 1. The Hall–Kier alpha value is -2.34. The number of aryl methyl sites for hydroxylation is 1. The van der Waals surface area contributed by atoms with Crippen molar-refractivity contribution in [1.82, 2.24) is 19.7 Å². The summed E-state index contributed by atoms with van der Waals surface area (Å²) in [6, 6.07) is 7.93. The standard InChI is InChI=1S/C18H22N4O2/c1-4-22-16(23)18(19-17(22)24)11-20(2)10-14(18)13-9-21(3)15-8-6-5-7-12(13)15/h5-9,14H,4,10-11H2,1-3H3,(H,19,24)/t14-,18-/m0/s1. The molecule has 1 aromatic heterocycles. The molecule has 2 fully saturated rings. The molecule has 3 amide bonds. The molecule has 2 aliphatic rings. The number of aromatic nitrogens is 1. The molecule has 126 valence electrons. The molecule has 2 atom stereocenters. The molecule has 2 saturated heterocycles. The van der Waals surface area contributed by atoms with Crippen molar-refractivity contribution < 1.29 is 9.59 Å². The quantitative estimate of drug-likeness (QED) is 0.851. The number of likely N-dealkylation sites (tertiary alicyclic amines) is 1. The van der Waals surface area contributed by atoms with Crippen LogP contribution in [0.5, 0.6) is 0 Å². The van der Waals surface area contributed by atoms with Crippen LogP contribution in [0.3, 0.4) is 0 Å². The predicted molar refractivity (Wildman–Crippen MR) is 91.8 cm³/mol. The van der Waals surface area contributed by atoms with Crippen molar-refractivity contribution in [3.05, 3.63) is 36.0 Å². The van der Waals surface area contributed by atoms with Gasteiger partial charge in [-0.25, -0.2) is 4.79 Å². The Labute approximate surface area is 141 Å². The topological polar surface area (TPSA) is 57.6 Å². The lowest BCUT2D eigenvalue weighted by molar-refractivity contribution is -0.131. The molecule has 2 aliphatic heterocycles. The van der Waals surface area contributed by atoms with Crippen LogP contribution in [0.25, 0.3) is 10.9 Å². The van der Waals surface area contributed by atoms with Crippen LogP contribution in [0.15, 0.2) is 30.5 Å². The van der Waals surface area contributed by atoms with E-state index in [1.165, 1.54) is 4.90 Å². The predicted octanol–water partition coefficient (Wildman–Crippen LogP) is 1.52. The lowest BCUT2D eigenvalue weighted by atomic mass is 9.81. The van der Waals surface area contributed by atoms with Crippen molar-refractivity contribution >= 4 is 22.8 Å². The van der Waals surface area contributed by atoms with Gasteiger partial charge < -0.3 is 14.8 Å². The third-order valence-electron chi connectivity index (χ3n) is 5.43. The largest absolute Gasteiger partial charge is 0.350 e. The number of hydrogen-bond acceptors (Lipinski definition) is 3. The summed E-state index contributed by atoms with van der Waals surface area (Å²) >= 11 is 0. The first-order chi connectivity index (χ1) is 11.5. The summed E-state index contributed by atoms with van der Waals surface area (Å²) < 4.78 is 2.09. The fraction of sp³-hybridized carbons (Fsp3) is 0.444. The third kappa shape index (κ3) is 1.86. The van der Waals surface area contributed by atoms with Gasteiger partial charge >= 0.3 is 6.03 Å². The maximum Gasteiger partial charge on any atom is 0.325 e. The Kier molecular flexibility index (Phi) is 3.22. The van der Waals surface area contributed by atoms with Gasteiger partial charge in [-0.2, -0.15) is 0 Å². The number of benzene rings is 1. The Balaban J connectivity index is 1.87. The monoisotopic (exact) mass is 326 g/mol. The SMILES string of the molecule is CCN1C(=O)N[C@]2(CN(C)C[C@H]2c2cn(C)c3ccccc23)C1=O. The van der Waals surface area contributed by atoms with E-state index in [1.54, 1.807) is 0 Å². The molecule has 0 aliphatic carbocycles. The number of urea groups is 1. The summed E-state index contributed by atoms with van der Waals surface area (Å²) in [7, 11) is 4.02. The first-order valence-corrected chi connectivity index (χ1v) is 8.34. The number of likely N-dealkylation sites (N-methyl/N-ethyl adjacent to an activating group) is 2. The van der Waals surface area contributed by atoms with Gasteiger partial charge in [0.25, 0.3) is 5.91 Å². The highest BCUT2D eigenvalue weighted by molar-refractivity contribution is 6.08. The summed E-state index contributed by atoms with van der Waals surface area (Å²) in [5, 5.41) is 4.17. The Morgan fingerprint density at radius 1 is 1.25 bits per heavy atom. The van der Waals surface area contributed by atoms with Gasteiger partial charge in [0, 0.05) is 49.7 Å². The molecule has 4 rings (SSSR count). The number of nitrogens with one attached hydrogen (secondary N) is 1. The summed E-state index contributed by atoms with van der Waals surface area (Å²) in [4.78, 5) is 28.8. The van der Waals surface area contributed by atoms with E-state index in [-0.39, 0.29) is 17.9 Å². The molecule has 1 N–H and O–H groups in total. The van der Waals surface area contributed by atoms with Crippen molar-refractivity contribution in [1.29, 1.82) is 0 Å². The first-order valence-electron chi connectivity index (χ1n) is 8.34. The van der Waals surface area contributed by atoms with Gasteiger partial charge in [-0.15, -0.1) is 0 Å². The summed E-state index contributed by atoms with van der Waals surface area (Å²) in [6.45, 7) is 3.53. The lowest BCUT2D eigenvalue weighted by Crippen LogP contribution is -2.52. The van der Waals surface area contributed by atoms with E-state index in [1.807, 2.05) is 33.2 Å². The molecular weight excluding hydrogens is 304 g/mol. The van der Waals surface area contributed by atoms with Crippen molar-refractivity contribution in [3.8, 4) is 0 Å². The van der Waals surface area contributed by atoms with E-state index >= 15 is 0 Å². The van der Waals surface area contributed by atoms with E-state index in [4.69, 9.17) is 0 Å². The Morgan fingerprint density at radius 3 is 2.71 bits per heavy atom. The van der Waals surface area contributed by atoms with E-state index in [0.717, 1.165) is 23.0 Å². The van der Waals surface area contributed by atoms with Crippen LogP contribution in [-0.4, -0.2) is 58.5 Å². The number of amides is 3. The van der Waals surface area contributed by atoms with Crippen LogP contribution in [0, 0.1) is 0 Å². The maximum absolute atomic E-state index is 13.1. The van der Waals surface area contributed by atoms with E-state index in [9.17, 15) is 9.59 Å². The normalized spacial score (nSPS) is 27.6. The molecule has 2 aromatic rings. The highest BCUT2D eigenvalue weighted by Crippen LogP contribution is 2.42. The minimum atomic E-state index is -0.855. The summed E-state index contributed by atoms with van der Waals surface area (Å²) in [6.07, 6.45) is 2.10. The van der Waals surface area contributed by atoms with Crippen molar-refractivity contribution in [3.63, 3.8) is 0 Å². The smallest absolute Gasteiger partial charge is 0.325 e. The molecule has 3 heterocycles. The zero-order chi connectivity index (χ0) is 17.1. The average molecular weight is 326 g/mol. The van der Waals surface area contributed by atoms with Gasteiger partial charge in [0.1, 0.15) is 5.54 Å². The first kappa shape index (κ1) is 15.2. The van der Waals surface area contributed by atoms with Crippen molar-refractivity contribution in [2.45, 2.75) is 18.4 Å². The number of carbonyl (C=O) groups excluding carboxylic acids is 2. The number of hydrogen-bond donors (Lipinski definition) is 1. The lowest BCUT2D eigenvalue weighted by Gasteiger charge is -2.27. The number of fused-ring (bicyclic) bond motifs is 1. The van der Waals surface area contributed by atoms with Crippen molar-refractivity contribution in [2.24, 2.45) is 7.05 Å². The van der Waals surface area contributed by atoms with Gasteiger partial charge in [0.15, 0.2) is 0 Å². The summed E-state index contributed by atoms with van der Waals surface area (Å²) in [5.41, 5.74) is 1.41. The van der Waals surface area contributed by atoms with Gasteiger partial charge in [-0.05, 0) is 25.6 Å². The number of para-hydroxylation sites is 1. The van der Waals surface area contributed by atoms with Gasteiger partial charge in [0.05, 0.1) is 0 Å². The van der Waals surface area contributed by atoms with Crippen LogP contribution < -0.4 is 5.32 Å². The number of nitrogens with zero attached hydrogens (tertiary/aromatic N) is 3. The molecule has 6 nitrogen and oxygen atoms in total. The third-order valence-corrected chi connectivity index (χ3v) is 5.43. The van der Waals surface area contributed by atoms with Gasteiger partial charge in [-0.1, -0.05) is 18.2 Å². The molecular formula is C18H22N4O2. The minimum Gasteiger partial charge on any atom is -0.350 e. The molecule has 0 unspecified atom stereocenters. The minimum absolute atomic E-state index is 0.0541. The highest BCUT2D eigenvalue weighted by Gasteiger charge is 2.59. The second-order valence-corrected chi connectivity index (χ2v) is 6.91. The van der Waals surface area contributed by atoms with E-state index in [0.29, 0.717) is 13.1 Å². The molecule has 1 spiro atoms. The zero-order valence-corrected chi connectivity index (χ0v) is 14.2. The van der Waals surface area contributed by atoms with E-state index in [2.05, 4.69) is 33.1 Å². The van der Waals surface area contributed by atoms with Gasteiger partial charge in [-0.3, -0.25) is 9.69 Å². The van der Waals surface area contributed by atoms with E-state index < -0.39 is 5.54 Å². The highest BCUT2D eigenvalue weighted by atomic mass is 16.2. The molecule has 0 bridgehead atoms. The Morgan fingerprint density at radius 2 is 2.00 bits per heavy atom. The molecule has 0 saturated carbocycles. The van der Waals surface area contributed by atoms with Crippen LogP contribution in [0.1, 0.15) is 18.4 Å². The fourth-order valence-electron chi connectivity index (χ4n) is 4.36. The second kappa shape index (κ2) is 5.08. The zero-order valence-electron chi connectivity index (χ0n) is 14.2. The number of carbonyl (C=O) groups is 2. The molecule has 1 aromatic carbocycles. The molecule has 24 heavy (non-hydrogen) atoms. The van der Waals surface area contributed by atoms with Crippen LogP contribution >= 0.6 is 0 Å². The average Bonchev–Trinajstić information content (AvgIpc) is 3.14. The summed E-state index contributed by atoms with van der Waals surface area (Å²) in [5.74, 6) is -0.154. The van der Waals surface area contributed by atoms with Crippen LogP contribution in [0.2, 0.25) is 0 Å². The van der Waals surface area contributed by atoms with Crippen molar-refractivity contribution in [2.75, 3.05) is 26.7 Å². The Bertz CT molecular complexity index is 843. The van der Waals surface area contributed by atoms with Gasteiger partial charge in [0.2, 0.25) is 0 Å².